The molecule has 0 saturated carbocycles. The van der Waals surface area contributed by atoms with E-state index in [-0.39, 0.29) is 18.5 Å². The first-order chi connectivity index (χ1) is 10.8. The van der Waals surface area contributed by atoms with Gasteiger partial charge < -0.3 is 16.0 Å². The molecule has 3 N–H and O–H groups in total. The van der Waals surface area contributed by atoms with Crippen LogP contribution in [-0.2, 0) is 11.0 Å². The van der Waals surface area contributed by atoms with Gasteiger partial charge >= 0.3 is 6.18 Å². The smallest absolute Gasteiger partial charge is 0.343 e. The highest BCUT2D eigenvalue weighted by molar-refractivity contribution is 5.97. The van der Waals surface area contributed by atoms with Crippen LogP contribution in [0.25, 0.3) is 0 Å². The van der Waals surface area contributed by atoms with Gasteiger partial charge in [0.15, 0.2) is 0 Å². The lowest BCUT2D eigenvalue weighted by atomic mass is 10.1. The summed E-state index contributed by atoms with van der Waals surface area (Å²) >= 11 is 0. The van der Waals surface area contributed by atoms with E-state index in [0.29, 0.717) is 13.1 Å². The molecule has 1 aliphatic rings. The number of nitrogens with zero attached hydrogens (tertiary/aromatic N) is 1. The van der Waals surface area contributed by atoms with E-state index in [9.17, 15) is 22.8 Å². The van der Waals surface area contributed by atoms with Gasteiger partial charge in [-0.25, -0.2) is 0 Å². The van der Waals surface area contributed by atoms with Crippen molar-refractivity contribution >= 4 is 11.8 Å². The standard InChI is InChI=1S/C15H18F3N3O2/c16-15(17,18)12-6-2-1-5-11(12)14(23)20-9-13(22)21-7-3-4-10(21)8-19/h1-2,5-6,10H,3-4,7-9,19H2,(H,20,23). The fraction of sp³-hybridized carbons (Fsp3) is 0.467. The average Bonchev–Trinajstić information content (AvgIpc) is 3.00. The van der Waals surface area contributed by atoms with Crippen molar-refractivity contribution in [1.82, 2.24) is 10.2 Å². The van der Waals surface area contributed by atoms with Crippen LogP contribution in [0, 0.1) is 0 Å². The van der Waals surface area contributed by atoms with Crippen molar-refractivity contribution in [3.8, 4) is 0 Å². The molecule has 1 unspecified atom stereocenters. The summed E-state index contributed by atoms with van der Waals surface area (Å²) in [6.45, 7) is 0.536. The lowest BCUT2D eigenvalue weighted by Gasteiger charge is -2.23. The number of rotatable bonds is 4. The first kappa shape index (κ1) is 17.3. The van der Waals surface area contributed by atoms with Crippen LogP contribution in [0.2, 0.25) is 0 Å². The van der Waals surface area contributed by atoms with Gasteiger partial charge in [0, 0.05) is 19.1 Å². The number of nitrogens with two attached hydrogens (primary N) is 1. The van der Waals surface area contributed by atoms with E-state index >= 15 is 0 Å². The fourth-order valence-corrected chi connectivity index (χ4v) is 2.69. The molecule has 1 heterocycles. The zero-order valence-corrected chi connectivity index (χ0v) is 12.4. The molecule has 1 atom stereocenters. The molecule has 2 rings (SSSR count). The molecule has 23 heavy (non-hydrogen) atoms. The Bertz CT molecular complexity index is 590. The van der Waals surface area contributed by atoms with Crippen LogP contribution >= 0.6 is 0 Å². The van der Waals surface area contributed by atoms with E-state index in [1.165, 1.54) is 12.1 Å². The molecule has 5 nitrogen and oxygen atoms in total. The molecule has 2 amide bonds. The SMILES string of the molecule is NCC1CCCN1C(=O)CNC(=O)c1ccccc1C(F)(F)F. The Kier molecular flexibility index (Phi) is 5.25. The molecule has 126 valence electrons. The van der Waals surface area contributed by atoms with Crippen LogP contribution in [-0.4, -0.2) is 42.4 Å². The van der Waals surface area contributed by atoms with E-state index in [4.69, 9.17) is 5.73 Å². The van der Waals surface area contributed by atoms with Gasteiger partial charge in [-0.1, -0.05) is 12.1 Å². The van der Waals surface area contributed by atoms with Crippen LogP contribution in [0.1, 0.15) is 28.8 Å². The minimum Gasteiger partial charge on any atom is -0.343 e. The topological polar surface area (TPSA) is 75.4 Å². The molecule has 0 spiro atoms. The molecule has 1 aromatic carbocycles. The number of nitrogens with one attached hydrogen (secondary N) is 1. The van der Waals surface area contributed by atoms with Gasteiger partial charge in [0.05, 0.1) is 17.7 Å². The van der Waals surface area contributed by atoms with Gasteiger partial charge in [0.25, 0.3) is 5.91 Å². The second kappa shape index (κ2) is 6.99. The van der Waals surface area contributed by atoms with E-state index in [0.717, 1.165) is 25.0 Å². The third-order valence-electron chi connectivity index (χ3n) is 3.85. The Balaban J connectivity index is 2.02. The van der Waals surface area contributed by atoms with Gasteiger partial charge in [-0.15, -0.1) is 0 Å². The summed E-state index contributed by atoms with van der Waals surface area (Å²) in [6.07, 6.45) is -3.00. The summed E-state index contributed by atoms with van der Waals surface area (Å²) in [5.41, 5.74) is 4.05. The molecule has 1 fully saturated rings. The minimum absolute atomic E-state index is 0.0677. The zero-order valence-electron chi connectivity index (χ0n) is 12.4. The van der Waals surface area contributed by atoms with Crippen molar-refractivity contribution in [2.75, 3.05) is 19.6 Å². The van der Waals surface area contributed by atoms with Gasteiger partial charge in [0.2, 0.25) is 5.91 Å². The summed E-state index contributed by atoms with van der Waals surface area (Å²) in [5, 5.41) is 2.26. The Labute approximate surface area is 131 Å². The first-order valence-electron chi connectivity index (χ1n) is 7.28. The largest absolute Gasteiger partial charge is 0.417 e. The molecule has 0 radical (unpaired) electrons. The highest BCUT2D eigenvalue weighted by Crippen LogP contribution is 2.31. The molecule has 0 aliphatic carbocycles. The van der Waals surface area contributed by atoms with E-state index < -0.39 is 23.2 Å². The average molecular weight is 329 g/mol. The number of hydrogen-bond acceptors (Lipinski definition) is 3. The number of likely N-dealkylation sites (tertiary alicyclic amines) is 1. The summed E-state index contributed by atoms with van der Waals surface area (Å²) in [5.74, 6) is -1.26. The molecule has 8 heteroatoms. The zero-order chi connectivity index (χ0) is 17.0. The first-order valence-corrected chi connectivity index (χ1v) is 7.28. The molecular formula is C15H18F3N3O2. The Morgan fingerprint density at radius 3 is 2.65 bits per heavy atom. The quantitative estimate of drug-likeness (QED) is 0.876. The number of carbonyl (C=O) groups excluding carboxylic acids is 2. The van der Waals surface area contributed by atoms with Crippen LogP contribution in [0.15, 0.2) is 24.3 Å². The number of benzene rings is 1. The highest BCUT2D eigenvalue weighted by Gasteiger charge is 2.35. The molecule has 0 bridgehead atoms. The van der Waals surface area contributed by atoms with Gasteiger partial charge in [-0.3, -0.25) is 9.59 Å². The van der Waals surface area contributed by atoms with Gasteiger partial charge in [0.1, 0.15) is 0 Å². The Morgan fingerprint density at radius 2 is 2.00 bits per heavy atom. The van der Waals surface area contributed by atoms with Crippen LogP contribution in [0.3, 0.4) is 0 Å². The van der Waals surface area contributed by atoms with E-state index in [1.807, 2.05) is 0 Å². The van der Waals surface area contributed by atoms with Crippen molar-refractivity contribution in [2.45, 2.75) is 25.1 Å². The Hall–Kier alpha value is -2.09. The highest BCUT2D eigenvalue weighted by atomic mass is 19.4. The molecule has 0 aromatic heterocycles. The monoisotopic (exact) mass is 329 g/mol. The summed E-state index contributed by atoms with van der Waals surface area (Å²) in [4.78, 5) is 25.6. The molecule has 1 aromatic rings. The van der Waals surface area contributed by atoms with E-state index in [2.05, 4.69) is 5.32 Å². The van der Waals surface area contributed by atoms with Gasteiger partial charge in [-0.2, -0.15) is 13.2 Å². The third kappa shape index (κ3) is 4.01. The van der Waals surface area contributed by atoms with Crippen LogP contribution in [0.4, 0.5) is 13.2 Å². The van der Waals surface area contributed by atoms with Crippen LogP contribution in [0.5, 0.6) is 0 Å². The third-order valence-corrected chi connectivity index (χ3v) is 3.85. The van der Waals surface area contributed by atoms with Crippen molar-refractivity contribution in [3.05, 3.63) is 35.4 Å². The van der Waals surface area contributed by atoms with Crippen molar-refractivity contribution < 1.29 is 22.8 Å². The Morgan fingerprint density at radius 1 is 1.30 bits per heavy atom. The summed E-state index contributed by atoms with van der Waals surface area (Å²) < 4.78 is 38.6. The summed E-state index contributed by atoms with van der Waals surface area (Å²) in [6, 6.07) is 4.41. The van der Waals surface area contributed by atoms with Crippen molar-refractivity contribution in [3.63, 3.8) is 0 Å². The predicted octanol–water partition coefficient (Wildman–Crippen LogP) is 1.38. The van der Waals surface area contributed by atoms with Crippen molar-refractivity contribution in [2.24, 2.45) is 5.73 Å². The number of hydrogen-bond donors (Lipinski definition) is 2. The maximum Gasteiger partial charge on any atom is 0.417 e. The minimum atomic E-state index is -4.63. The molecule has 1 saturated heterocycles. The lowest BCUT2D eigenvalue weighted by Crippen LogP contribution is -2.45. The van der Waals surface area contributed by atoms with Crippen molar-refractivity contribution in [1.29, 1.82) is 0 Å². The number of amides is 2. The maximum atomic E-state index is 12.9. The van der Waals surface area contributed by atoms with E-state index in [1.54, 1.807) is 4.90 Å². The second-order valence-electron chi connectivity index (χ2n) is 5.34. The normalized spacial score (nSPS) is 18.1. The molecular weight excluding hydrogens is 311 g/mol. The second-order valence-corrected chi connectivity index (χ2v) is 5.34. The molecule has 1 aliphatic heterocycles. The number of alkyl halides is 3. The fourth-order valence-electron chi connectivity index (χ4n) is 2.69. The lowest BCUT2D eigenvalue weighted by molar-refractivity contribution is -0.137. The van der Waals surface area contributed by atoms with Crippen LogP contribution < -0.4 is 11.1 Å². The number of halogens is 3. The maximum absolute atomic E-state index is 12.9. The summed E-state index contributed by atoms with van der Waals surface area (Å²) in [7, 11) is 0. The van der Waals surface area contributed by atoms with Gasteiger partial charge in [-0.05, 0) is 25.0 Å². The number of carbonyl (C=O) groups is 2. The predicted molar refractivity (Wildman–Crippen MR) is 77.6 cm³/mol.